The number of carbonyl (C=O) groups excluding carboxylic acids is 1. The summed E-state index contributed by atoms with van der Waals surface area (Å²) in [6, 6.07) is 8.25. The molecule has 0 radical (unpaired) electrons. The maximum atomic E-state index is 13.6. The summed E-state index contributed by atoms with van der Waals surface area (Å²) < 4.78 is 13.6. The van der Waals surface area contributed by atoms with Crippen LogP contribution in [0.3, 0.4) is 0 Å². The number of quaternary nitrogens is 1. The number of hydrogen-bond donors (Lipinski definition) is 2. The SMILES string of the molecule is [Cl-].[NH3+][C@H]1CCCCC(=O)Nc2ccc(F)cc2-c2ccnc1c2. The van der Waals surface area contributed by atoms with Crippen molar-refractivity contribution in [3.05, 3.63) is 48.0 Å². The van der Waals surface area contributed by atoms with E-state index in [1.165, 1.54) is 12.1 Å². The van der Waals surface area contributed by atoms with Crippen molar-refractivity contribution in [1.82, 2.24) is 4.98 Å². The van der Waals surface area contributed by atoms with Crippen molar-refractivity contribution in [2.24, 2.45) is 0 Å². The van der Waals surface area contributed by atoms with Gasteiger partial charge < -0.3 is 23.5 Å². The molecular formula is C17H19ClFN3O. The summed E-state index contributed by atoms with van der Waals surface area (Å²) in [6.07, 6.45) is 4.81. The van der Waals surface area contributed by atoms with Gasteiger partial charge in [0.1, 0.15) is 11.9 Å². The van der Waals surface area contributed by atoms with E-state index in [9.17, 15) is 9.18 Å². The third-order valence-corrected chi connectivity index (χ3v) is 3.97. The number of hydrogen-bond acceptors (Lipinski definition) is 2. The van der Waals surface area contributed by atoms with E-state index in [4.69, 9.17) is 0 Å². The first-order valence-corrected chi connectivity index (χ1v) is 7.52. The lowest BCUT2D eigenvalue weighted by Crippen LogP contribution is -3.00. The minimum absolute atomic E-state index is 0. The van der Waals surface area contributed by atoms with Crippen LogP contribution in [0.5, 0.6) is 0 Å². The molecule has 1 aromatic carbocycles. The predicted molar refractivity (Wildman–Crippen MR) is 82.4 cm³/mol. The Kier molecular flexibility index (Phi) is 5.69. The normalized spacial score (nSPS) is 17.8. The molecule has 1 atom stereocenters. The minimum Gasteiger partial charge on any atom is -1.00 e. The van der Waals surface area contributed by atoms with Crippen molar-refractivity contribution in [1.29, 1.82) is 0 Å². The van der Waals surface area contributed by atoms with Gasteiger partial charge in [0.05, 0.1) is 5.69 Å². The zero-order chi connectivity index (χ0) is 15.5. The van der Waals surface area contributed by atoms with Gasteiger partial charge in [-0.15, -0.1) is 0 Å². The highest BCUT2D eigenvalue weighted by atomic mass is 35.5. The number of benzene rings is 1. The van der Waals surface area contributed by atoms with Crippen molar-refractivity contribution < 1.29 is 27.3 Å². The van der Waals surface area contributed by atoms with Crippen molar-refractivity contribution in [2.45, 2.75) is 31.7 Å². The lowest BCUT2D eigenvalue weighted by molar-refractivity contribution is -0.429. The molecule has 0 aliphatic carbocycles. The number of fused-ring (bicyclic) bond motifs is 4. The van der Waals surface area contributed by atoms with Gasteiger partial charge in [-0.25, -0.2) is 4.39 Å². The van der Waals surface area contributed by atoms with E-state index in [2.05, 4.69) is 16.0 Å². The van der Waals surface area contributed by atoms with Gasteiger partial charge in [0.25, 0.3) is 0 Å². The van der Waals surface area contributed by atoms with Gasteiger partial charge in [-0.1, -0.05) is 0 Å². The number of carbonyl (C=O) groups is 1. The zero-order valence-corrected chi connectivity index (χ0v) is 13.4. The molecule has 4 N–H and O–H groups in total. The Labute approximate surface area is 140 Å². The topological polar surface area (TPSA) is 69.6 Å². The van der Waals surface area contributed by atoms with E-state index < -0.39 is 0 Å². The van der Waals surface area contributed by atoms with Crippen LogP contribution < -0.4 is 23.5 Å². The molecule has 1 aromatic heterocycles. The Balaban J connectivity index is 0.00000192. The highest BCUT2D eigenvalue weighted by Gasteiger charge is 2.16. The molecule has 0 spiro atoms. The van der Waals surface area contributed by atoms with Gasteiger partial charge in [-0.05, 0) is 48.7 Å². The number of amides is 1. The second kappa shape index (κ2) is 7.53. The fourth-order valence-electron chi connectivity index (χ4n) is 2.74. The van der Waals surface area contributed by atoms with Gasteiger partial charge >= 0.3 is 0 Å². The summed E-state index contributed by atoms with van der Waals surface area (Å²) in [4.78, 5) is 16.4. The molecule has 0 saturated heterocycles. The molecule has 0 unspecified atom stereocenters. The lowest BCUT2D eigenvalue weighted by Gasteiger charge is -2.15. The second-order valence-electron chi connectivity index (χ2n) is 5.65. The molecule has 3 rings (SSSR count). The first-order valence-electron chi connectivity index (χ1n) is 7.52. The number of rotatable bonds is 0. The molecule has 23 heavy (non-hydrogen) atoms. The largest absolute Gasteiger partial charge is 1.00 e. The average Bonchev–Trinajstić information content (AvgIpc) is 2.52. The van der Waals surface area contributed by atoms with Gasteiger partial charge in [0.2, 0.25) is 5.91 Å². The van der Waals surface area contributed by atoms with Crippen LogP contribution >= 0.6 is 0 Å². The molecule has 0 fully saturated rings. The molecule has 1 aliphatic rings. The summed E-state index contributed by atoms with van der Waals surface area (Å²) in [7, 11) is 0. The molecule has 0 saturated carbocycles. The summed E-state index contributed by atoms with van der Waals surface area (Å²) in [5.74, 6) is -0.368. The molecule has 6 heteroatoms. The Hall–Kier alpha value is -1.98. The fraction of sp³-hybridized carbons (Fsp3) is 0.294. The first-order chi connectivity index (χ1) is 10.6. The number of halogens is 2. The Morgan fingerprint density at radius 3 is 2.87 bits per heavy atom. The van der Waals surface area contributed by atoms with Gasteiger partial charge in [-0.3, -0.25) is 9.78 Å². The summed E-state index contributed by atoms with van der Waals surface area (Å²) in [6.45, 7) is 0. The van der Waals surface area contributed by atoms with Gasteiger partial charge in [-0.2, -0.15) is 0 Å². The van der Waals surface area contributed by atoms with Crippen LogP contribution in [0.4, 0.5) is 10.1 Å². The third kappa shape index (κ3) is 4.06. The van der Waals surface area contributed by atoms with Crippen LogP contribution in [-0.2, 0) is 4.79 Å². The average molecular weight is 336 g/mol. The molecule has 122 valence electrons. The number of nitrogens with one attached hydrogen (secondary N) is 1. The van der Waals surface area contributed by atoms with E-state index in [-0.39, 0.29) is 30.2 Å². The van der Waals surface area contributed by atoms with E-state index in [1.807, 2.05) is 12.1 Å². The van der Waals surface area contributed by atoms with Crippen molar-refractivity contribution in [2.75, 3.05) is 5.32 Å². The standard InChI is InChI=1S/C17H18FN3O.ClH/c18-12-5-6-15-13(10-12)11-7-8-20-16(9-11)14(19)3-1-2-4-17(22)21-15;/h5-10,14H,1-4,19H2,(H,21,22);1H/t14-;/m0./s1. The monoisotopic (exact) mass is 335 g/mol. The summed E-state index contributed by atoms with van der Waals surface area (Å²) >= 11 is 0. The fourth-order valence-corrected chi connectivity index (χ4v) is 2.74. The van der Waals surface area contributed by atoms with E-state index in [0.29, 0.717) is 17.7 Å². The third-order valence-electron chi connectivity index (χ3n) is 3.97. The molecule has 4 nitrogen and oxygen atoms in total. The van der Waals surface area contributed by atoms with Crippen LogP contribution in [0, 0.1) is 5.82 Å². The zero-order valence-electron chi connectivity index (χ0n) is 12.7. The number of anilines is 1. The van der Waals surface area contributed by atoms with E-state index >= 15 is 0 Å². The van der Waals surface area contributed by atoms with Gasteiger partial charge in [0, 0.05) is 30.3 Å². The highest BCUT2D eigenvalue weighted by molar-refractivity contribution is 5.95. The molecule has 2 heterocycles. The quantitative estimate of drug-likeness (QED) is 0.693. The second-order valence-corrected chi connectivity index (χ2v) is 5.65. The molecule has 1 aliphatic heterocycles. The predicted octanol–water partition coefficient (Wildman–Crippen LogP) is -0.313. The number of aromatic nitrogens is 1. The first kappa shape index (κ1) is 17.4. The van der Waals surface area contributed by atoms with Crippen LogP contribution in [0.1, 0.15) is 37.4 Å². The highest BCUT2D eigenvalue weighted by Crippen LogP contribution is 2.31. The Bertz CT molecular complexity index is 708. The van der Waals surface area contributed by atoms with E-state index in [0.717, 1.165) is 30.5 Å². The Morgan fingerprint density at radius 2 is 2.04 bits per heavy atom. The maximum absolute atomic E-state index is 13.6. The number of pyridine rings is 1. The molecule has 2 aromatic rings. The smallest absolute Gasteiger partial charge is 0.224 e. The van der Waals surface area contributed by atoms with Crippen LogP contribution in [-0.4, -0.2) is 10.9 Å². The van der Waals surface area contributed by atoms with E-state index in [1.54, 1.807) is 12.3 Å². The van der Waals surface area contributed by atoms with Crippen LogP contribution in [0.15, 0.2) is 36.5 Å². The maximum Gasteiger partial charge on any atom is 0.224 e. The van der Waals surface area contributed by atoms with Crippen LogP contribution in [0.25, 0.3) is 11.1 Å². The van der Waals surface area contributed by atoms with Crippen molar-refractivity contribution in [3.63, 3.8) is 0 Å². The molecule has 1 amide bonds. The Morgan fingerprint density at radius 1 is 1.22 bits per heavy atom. The van der Waals surface area contributed by atoms with Gasteiger partial charge in [0.15, 0.2) is 0 Å². The number of nitrogens with zero attached hydrogens (tertiary/aromatic N) is 1. The van der Waals surface area contributed by atoms with Crippen molar-refractivity contribution >= 4 is 11.6 Å². The summed E-state index contributed by atoms with van der Waals surface area (Å²) in [5, 5.41) is 2.88. The molecular weight excluding hydrogens is 317 g/mol. The minimum atomic E-state index is -0.329. The summed E-state index contributed by atoms with van der Waals surface area (Å²) in [5.41, 5.74) is 7.20. The van der Waals surface area contributed by atoms with Crippen LogP contribution in [0.2, 0.25) is 0 Å². The van der Waals surface area contributed by atoms with Crippen molar-refractivity contribution in [3.8, 4) is 11.1 Å². The molecule has 2 bridgehead atoms. The lowest BCUT2D eigenvalue weighted by atomic mass is 9.99.